The molecule has 1 aromatic heterocycles. The number of fused-ring (bicyclic) bond motifs is 1. The van der Waals surface area contributed by atoms with Gasteiger partial charge in [0.2, 0.25) is 0 Å². The zero-order valence-electron chi connectivity index (χ0n) is 11.8. The Morgan fingerprint density at radius 3 is 2.80 bits per heavy atom. The van der Waals surface area contributed by atoms with Crippen molar-refractivity contribution in [2.75, 3.05) is 26.2 Å². The summed E-state index contributed by atoms with van der Waals surface area (Å²) in [4.78, 5) is 7.37. The molecule has 2 heterocycles. The Bertz CT molecular complexity index is 588. The minimum atomic E-state index is 0.346. The largest absolute Gasteiger partial charge is 0.314 e. The van der Waals surface area contributed by atoms with Crippen molar-refractivity contribution in [2.45, 2.75) is 12.5 Å². The minimum absolute atomic E-state index is 0.346. The Morgan fingerprint density at radius 2 is 2.00 bits per heavy atom. The van der Waals surface area contributed by atoms with E-state index in [1.807, 2.05) is 12.1 Å². The first kappa shape index (κ1) is 13.3. The zero-order valence-corrected chi connectivity index (χ0v) is 11.8. The van der Waals surface area contributed by atoms with Crippen LogP contribution < -0.4 is 5.32 Å². The van der Waals surface area contributed by atoms with E-state index in [-0.39, 0.29) is 0 Å². The fourth-order valence-corrected chi connectivity index (χ4v) is 2.88. The fraction of sp³-hybridized carbons (Fsp3) is 0.353. The third-order valence-electron chi connectivity index (χ3n) is 3.94. The lowest BCUT2D eigenvalue weighted by Gasteiger charge is -2.34. The predicted molar refractivity (Wildman–Crippen MR) is 83.7 cm³/mol. The summed E-state index contributed by atoms with van der Waals surface area (Å²) in [6.07, 6.45) is 2.95. The normalized spacial score (nSPS) is 18.0. The van der Waals surface area contributed by atoms with Crippen molar-refractivity contribution in [3.63, 3.8) is 0 Å². The van der Waals surface area contributed by atoms with Gasteiger partial charge in [-0.1, -0.05) is 30.3 Å². The topological polar surface area (TPSA) is 28.2 Å². The molecular formula is C17H21N3. The van der Waals surface area contributed by atoms with E-state index in [1.165, 1.54) is 5.39 Å². The molecule has 0 saturated carbocycles. The molecule has 0 spiro atoms. The number of benzene rings is 1. The molecular weight excluding hydrogens is 246 g/mol. The molecule has 0 radical (unpaired) electrons. The van der Waals surface area contributed by atoms with Gasteiger partial charge in [0.05, 0.1) is 17.3 Å². The predicted octanol–water partition coefficient (Wildman–Crippen LogP) is 2.76. The molecule has 0 unspecified atom stereocenters. The van der Waals surface area contributed by atoms with Crippen molar-refractivity contribution in [1.82, 2.24) is 15.2 Å². The van der Waals surface area contributed by atoms with Gasteiger partial charge in [-0.3, -0.25) is 9.88 Å². The smallest absolute Gasteiger partial charge is 0.0706 e. The number of nitrogens with one attached hydrogen (secondary N) is 1. The first-order valence-electron chi connectivity index (χ1n) is 7.30. The third kappa shape index (κ3) is 2.74. The number of hydrogen-bond donors (Lipinski definition) is 1. The van der Waals surface area contributed by atoms with E-state index < -0.39 is 0 Å². The Labute approximate surface area is 120 Å². The highest BCUT2D eigenvalue weighted by Crippen LogP contribution is 2.25. The van der Waals surface area contributed by atoms with Crippen molar-refractivity contribution in [3.8, 4) is 0 Å². The van der Waals surface area contributed by atoms with Crippen molar-refractivity contribution < 1.29 is 0 Å². The molecule has 1 N–H and O–H groups in total. The second-order valence-electron chi connectivity index (χ2n) is 5.25. The van der Waals surface area contributed by atoms with Gasteiger partial charge in [0.1, 0.15) is 0 Å². The molecule has 0 amide bonds. The number of aromatic nitrogens is 1. The Kier molecular flexibility index (Phi) is 4.09. The summed E-state index contributed by atoms with van der Waals surface area (Å²) >= 11 is 0. The highest BCUT2D eigenvalue weighted by Gasteiger charge is 2.22. The molecule has 3 rings (SSSR count). The standard InChI is InChI=1S/C17H21N3/c1-2-5-17(20-12-10-18-11-13-20)16-9-8-14-6-3-4-7-15(14)19-16/h2-4,6-9,17-18H,1,5,10-13H2/t17-/m0/s1. The SMILES string of the molecule is C=CC[C@@H](c1ccc2ccccc2n1)N1CCNCC1. The fourth-order valence-electron chi connectivity index (χ4n) is 2.88. The summed E-state index contributed by atoms with van der Waals surface area (Å²) in [7, 11) is 0. The molecule has 0 aliphatic carbocycles. The van der Waals surface area contributed by atoms with Crippen molar-refractivity contribution in [3.05, 3.63) is 54.7 Å². The maximum Gasteiger partial charge on any atom is 0.0706 e. The molecule has 1 aromatic carbocycles. The number of para-hydroxylation sites is 1. The summed E-state index contributed by atoms with van der Waals surface area (Å²) in [5.74, 6) is 0. The maximum atomic E-state index is 4.86. The van der Waals surface area contributed by atoms with Gasteiger partial charge in [0.15, 0.2) is 0 Å². The van der Waals surface area contributed by atoms with Crippen LogP contribution in [0, 0.1) is 0 Å². The molecule has 1 aliphatic rings. The van der Waals surface area contributed by atoms with E-state index in [0.29, 0.717) is 6.04 Å². The maximum absolute atomic E-state index is 4.86. The third-order valence-corrected chi connectivity index (χ3v) is 3.94. The van der Waals surface area contributed by atoms with Crippen LogP contribution in [0.1, 0.15) is 18.2 Å². The number of pyridine rings is 1. The van der Waals surface area contributed by atoms with Crippen LogP contribution in [0.3, 0.4) is 0 Å². The second-order valence-corrected chi connectivity index (χ2v) is 5.25. The second kappa shape index (κ2) is 6.16. The average molecular weight is 267 g/mol. The molecule has 1 fully saturated rings. The van der Waals surface area contributed by atoms with Crippen molar-refractivity contribution in [2.24, 2.45) is 0 Å². The van der Waals surface area contributed by atoms with Crippen LogP contribution in [0.5, 0.6) is 0 Å². The lowest BCUT2D eigenvalue weighted by atomic mass is 10.1. The molecule has 0 bridgehead atoms. The molecule has 2 aromatic rings. The molecule has 1 atom stereocenters. The monoisotopic (exact) mass is 267 g/mol. The zero-order chi connectivity index (χ0) is 13.8. The first-order valence-corrected chi connectivity index (χ1v) is 7.30. The number of rotatable bonds is 4. The molecule has 104 valence electrons. The Hall–Kier alpha value is -1.71. The van der Waals surface area contributed by atoms with E-state index in [9.17, 15) is 0 Å². The van der Waals surface area contributed by atoms with E-state index in [0.717, 1.165) is 43.8 Å². The van der Waals surface area contributed by atoms with Crippen LogP contribution in [0.2, 0.25) is 0 Å². The number of piperazine rings is 1. The number of hydrogen-bond acceptors (Lipinski definition) is 3. The van der Waals surface area contributed by atoms with E-state index in [1.54, 1.807) is 0 Å². The van der Waals surface area contributed by atoms with Gasteiger partial charge >= 0.3 is 0 Å². The quantitative estimate of drug-likeness (QED) is 0.863. The van der Waals surface area contributed by atoms with Crippen LogP contribution in [0.4, 0.5) is 0 Å². The summed E-state index contributed by atoms with van der Waals surface area (Å²) < 4.78 is 0. The molecule has 20 heavy (non-hydrogen) atoms. The van der Waals surface area contributed by atoms with E-state index >= 15 is 0 Å². The highest BCUT2D eigenvalue weighted by molar-refractivity contribution is 5.78. The molecule has 1 saturated heterocycles. The van der Waals surface area contributed by atoms with Gasteiger partial charge in [-0.15, -0.1) is 6.58 Å². The summed E-state index contributed by atoms with van der Waals surface area (Å²) in [6, 6.07) is 13.0. The van der Waals surface area contributed by atoms with Gasteiger partial charge < -0.3 is 5.32 Å². The van der Waals surface area contributed by atoms with E-state index in [2.05, 4.69) is 47.1 Å². The van der Waals surface area contributed by atoms with E-state index in [4.69, 9.17) is 4.98 Å². The molecule has 1 aliphatic heterocycles. The summed E-state index contributed by atoms with van der Waals surface area (Å²) in [5, 5.41) is 4.61. The van der Waals surface area contributed by atoms with Crippen LogP contribution in [-0.2, 0) is 0 Å². The van der Waals surface area contributed by atoms with Crippen molar-refractivity contribution in [1.29, 1.82) is 0 Å². The van der Waals surface area contributed by atoms with Gasteiger partial charge in [-0.25, -0.2) is 0 Å². The Morgan fingerprint density at radius 1 is 1.20 bits per heavy atom. The lowest BCUT2D eigenvalue weighted by molar-refractivity contribution is 0.171. The van der Waals surface area contributed by atoms with Gasteiger partial charge in [-0.05, 0) is 18.6 Å². The number of nitrogens with zero attached hydrogens (tertiary/aromatic N) is 2. The van der Waals surface area contributed by atoms with Crippen molar-refractivity contribution >= 4 is 10.9 Å². The summed E-state index contributed by atoms with van der Waals surface area (Å²) in [6.45, 7) is 8.18. The van der Waals surface area contributed by atoms with Crippen LogP contribution in [-0.4, -0.2) is 36.1 Å². The average Bonchev–Trinajstić information content (AvgIpc) is 2.53. The van der Waals surface area contributed by atoms with Gasteiger partial charge in [0, 0.05) is 31.6 Å². The van der Waals surface area contributed by atoms with Crippen LogP contribution in [0.25, 0.3) is 10.9 Å². The first-order chi connectivity index (χ1) is 9.88. The van der Waals surface area contributed by atoms with Gasteiger partial charge in [0.25, 0.3) is 0 Å². The highest BCUT2D eigenvalue weighted by atomic mass is 15.2. The molecule has 3 heteroatoms. The van der Waals surface area contributed by atoms with Crippen LogP contribution >= 0.6 is 0 Å². The van der Waals surface area contributed by atoms with Gasteiger partial charge in [-0.2, -0.15) is 0 Å². The minimum Gasteiger partial charge on any atom is -0.314 e. The lowest BCUT2D eigenvalue weighted by Crippen LogP contribution is -2.45. The Balaban J connectivity index is 1.93. The van der Waals surface area contributed by atoms with Crippen LogP contribution in [0.15, 0.2) is 49.1 Å². The molecule has 3 nitrogen and oxygen atoms in total. The summed E-state index contributed by atoms with van der Waals surface area (Å²) in [5.41, 5.74) is 2.24.